The van der Waals surface area contributed by atoms with Crippen LogP contribution in [-0.2, 0) is 12.2 Å². The molecule has 5 nitrogen and oxygen atoms in total. The molecule has 0 amide bonds. The molecule has 138 valence electrons. The van der Waals surface area contributed by atoms with Gasteiger partial charge in [-0.1, -0.05) is 42.2 Å². The summed E-state index contributed by atoms with van der Waals surface area (Å²) in [5.41, 5.74) is 2.14. The first-order chi connectivity index (χ1) is 12.7. The van der Waals surface area contributed by atoms with Crippen molar-refractivity contribution >= 4 is 23.1 Å². The Hall–Kier alpha value is -1.60. The summed E-state index contributed by atoms with van der Waals surface area (Å²) in [5, 5.41) is 16.4. The van der Waals surface area contributed by atoms with Crippen LogP contribution in [0.25, 0.3) is 0 Å². The van der Waals surface area contributed by atoms with Crippen LogP contribution in [0.3, 0.4) is 0 Å². The first-order valence-electron chi connectivity index (χ1n) is 9.23. The summed E-state index contributed by atoms with van der Waals surface area (Å²) in [6.07, 6.45) is 7.28. The van der Waals surface area contributed by atoms with E-state index in [-0.39, 0.29) is 0 Å². The number of hydrogen-bond donors (Lipinski definition) is 0. The van der Waals surface area contributed by atoms with Crippen molar-refractivity contribution in [1.29, 1.82) is 0 Å². The van der Waals surface area contributed by atoms with Gasteiger partial charge in [0.05, 0.1) is 5.69 Å². The van der Waals surface area contributed by atoms with Gasteiger partial charge < -0.3 is 9.09 Å². The number of hydrogen-bond acceptors (Lipinski definition) is 6. The summed E-state index contributed by atoms with van der Waals surface area (Å²) in [7, 11) is 0. The van der Waals surface area contributed by atoms with E-state index in [1.165, 1.54) is 42.5 Å². The van der Waals surface area contributed by atoms with Gasteiger partial charge in [0, 0.05) is 28.7 Å². The normalized spacial score (nSPS) is 15.6. The highest BCUT2D eigenvalue weighted by Gasteiger charge is 2.24. The van der Waals surface area contributed by atoms with Crippen LogP contribution in [0.15, 0.2) is 27.2 Å². The predicted molar refractivity (Wildman–Crippen MR) is 105 cm³/mol. The van der Waals surface area contributed by atoms with Crippen LogP contribution < -0.4 is 0 Å². The van der Waals surface area contributed by atoms with Crippen molar-refractivity contribution in [1.82, 2.24) is 19.9 Å². The van der Waals surface area contributed by atoms with Crippen LogP contribution in [0, 0.1) is 13.8 Å². The van der Waals surface area contributed by atoms with E-state index < -0.39 is 0 Å². The Bertz CT molecular complexity index is 828. The molecule has 1 saturated carbocycles. The first-order valence-corrected chi connectivity index (χ1v) is 11.1. The van der Waals surface area contributed by atoms with Crippen molar-refractivity contribution in [2.24, 2.45) is 0 Å². The van der Waals surface area contributed by atoms with Crippen LogP contribution in [-0.4, -0.2) is 19.9 Å². The van der Waals surface area contributed by atoms with Crippen molar-refractivity contribution in [2.75, 3.05) is 0 Å². The lowest BCUT2D eigenvalue weighted by Gasteiger charge is -2.25. The molecule has 1 fully saturated rings. The number of aromatic nitrogens is 4. The van der Waals surface area contributed by atoms with Gasteiger partial charge in [-0.2, -0.15) is 0 Å². The maximum atomic E-state index is 5.30. The molecule has 0 unspecified atom stereocenters. The second kappa shape index (κ2) is 7.96. The molecule has 7 heteroatoms. The van der Waals surface area contributed by atoms with Gasteiger partial charge in [0.2, 0.25) is 0 Å². The van der Waals surface area contributed by atoms with Gasteiger partial charge in [0.1, 0.15) is 11.6 Å². The zero-order chi connectivity index (χ0) is 17.9. The highest BCUT2D eigenvalue weighted by molar-refractivity contribution is 7.98. The number of nitrogens with zero attached hydrogens (tertiary/aromatic N) is 4. The number of thiophene rings is 1. The molecule has 0 bridgehead atoms. The Morgan fingerprint density at radius 2 is 2.08 bits per heavy atom. The van der Waals surface area contributed by atoms with Crippen molar-refractivity contribution in [3.05, 3.63) is 45.2 Å². The first kappa shape index (κ1) is 17.8. The number of aryl methyl sites for hydroxylation is 2. The third kappa shape index (κ3) is 3.74. The largest absolute Gasteiger partial charge is 0.361 e. The summed E-state index contributed by atoms with van der Waals surface area (Å²) in [6.45, 7) is 3.98. The van der Waals surface area contributed by atoms with Crippen molar-refractivity contribution in [2.45, 2.75) is 69.3 Å². The van der Waals surface area contributed by atoms with Crippen LogP contribution in [0.1, 0.15) is 65.9 Å². The Kier molecular flexibility index (Phi) is 5.45. The van der Waals surface area contributed by atoms with E-state index in [0.717, 1.165) is 34.6 Å². The molecule has 0 N–H and O–H groups in total. The van der Waals surface area contributed by atoms with Gasteiger partial charge in [0.15, 0.2) is 5.16 Å². The number of thioether (sulfide) groups is 1. The molecule has 1 aliphatic rings. The molecule has 3 heterocycles. The fourth-order valence-electron chi connectivity index (χ4n) is 3.65. The maximum absolute atomic E-state index is 5.30. The van der Waals surface area contributed by atoms with E-state index in [1.54, 1.807) is 23.1 Å². The van der Waals surface area contributed by atoms with Gasteiger partial charge in [-0.25, -0.2) is 0 Å². The average molecular weight is 389 g/mol. The minimum absolute atomic E-state index is 0.529. The zero-order valence-corrected chi connectivity index (χ0v) is 16.9. The molecule has 0 atom stereocenters. The van der Waals surface area contributed by atoms with Crippen molar-refractivity contribution in [3.63, 3.8) is 0 Å². The van der Waals surface area contributed by atoms with Crippen molar-refractivity contribution in [3.8, 4) is 0 Å². The monoisotopic (exact) mass is 388 g/mol. The average Bonchev–Trinajstić information content (AvgIpc) is 3.37. The molecule has 3 aromatic rings. The second-order valence-electron chi connectivity index (χ2n) is 6.91. The molecule has 4 rings (SSSR count). The molecule has 0 aromatic carbocycles. The Morgan fingerprint density at radius 3 is 2.77 bits per heavy atom. The Labute approximate surface area is 162 Å². The summed E-state index contributed by atoms with van der Waals surface area (Å²) in [4.78, 5) is 1.34. The van der Waals surface area contributed by atoms with Gasteiger partial charge in [0.25, 0.3) is 0 Å². The summed E-state index contributed by atoms with van der Waals surface area (Å²) >= 11 is 3.54. The highest BCUT2D eigenvalue weighted by atomic mass is 32.2. The lowest BCUT2D eigenvalue weighted by atomic mass is 9.95. The van der Waals surface area contributed by atoms with E-state index >= 15 is 0 Å². The Morgan fingerprint density at radius 1 is 1.23 bits per heavy atom. The fraction of sp³-hybridized carbons (Fsp3) is 0.526. The molecule has 3 aromatic heterocycles. The maximum Gasteiger partial charge on any atom is 0.191 e. The van der Waals surface area contributed by atoms with Crippen molar-refractivity contribution < 1.29 is 4.52 Å². The number of rotatable bonds is 6. The van der Waals surface area contributed by atoms with Crippen LogP contribution in [0.2, 0.25) is 0 Å². The van der Waals surface area contributed by atoms with E-state index in [9.17, 15) is 0 Å². The third-order valence-electron chi connectivity index (χ3n) is 5.11. The van der Waals surface area contributed by atoms with Gasteiger partial charge >= 0.3 is 0 Å². The van der Waals surface area contributed by atoms with Gasteiger partial charge in [-0.15, -0.1) is 21.5 Å². The molecule has 0 radical (unpaired) electrons. The molecule has 0 saturated heterocycles. The lowest BCUT2D eigenvalue weighted by molar-refractivity contribution is 0.330. The van der Waals surface area contributed by atoms with E-state index in [1.807, 2.05) is 13.8 Å². The molecule has 0 spiro atoms. The molecular weight excluding hydrogens is 364 g/mol. The van der Waals surface area contributed by atoms with Gasteiger partial charge in [-0.3, -0.25) is 0 Å². The minimum Gasteiger partial charge on any atom is -0.361 e. The smallest absolute Gasteiger partial charge is 0.191 e. The molecule has 1 aliphatic carbocycles. The van der Waals surface area contributed by atoms with Crippen LogP contribution in [0.5, 0.6) is 0 Å². The molecular formula is C19H24N4OS2. The molecule has 26 heavy (non-hydrogen) atoms. The highest BCUT2D eigenvalue weighted by Crippen LogP contribution is 2.35. The van der Waals surface area contributed by atoms with E-state index in [0.29, 0.717) is 6.04 Å². The summed E-state index contributed by atoms with van der Waals surface area (Å²) < 4.78 is 7.72. The topological polar surface area (TPSA) is 56.7 Å². The second-order valence-corrected chi connectivity index (χ2v) is 8.88. The quantitative estimate of drug-likeness (QED) is 0.534. The van der Waals surface area contributed by atoms with Gasteiger partial charge in [-0.05, 0) is 38.1 Å². The predicted octanol–water partition coefficient (Wildman–Crippen LogP) is 5.33. The lowest BCUT2D eigenvalue weighted by Crippen LogP contribution is -2.16. The van der Waals surface area contributed by atoms with E-state index in [4.69, 9.17) is 4.52 Å². The Balaban J connectivity index is 1.59. The van der Waals surface area contributed by atoms with Crippen LogP contribution >= 0.6 is 23.1 Å². The molecule has 0 aliphatic heterocycles. The SMILES string of the molecule is Cc1noc(C)c1CSc1nnc(Cc2cccs2)n1C1CCCCC1. The standard InChI is InChI=1S/C19H24N4OS2/c1-13-17(14(2)24-22-13)12-26-19-21-20-18(11-16-9-6-10-25-16)23(19)15-7-4-3-5-8-15/h6,9-10,15H,3-5,7-8,11-12H2,1-2H3. The summed E-state index contributed by atoms with van der Waals surface area (Å²) in [6, 6.07) is 4.82. The van der Waals surface area contributed by atoms with E-state index in [2.05, 4.69) is 37.4 Å². The third-order valence-corrected chi connectivity index (χ3v) is 6.96. The van der Waals surface area contributed by atoms with Crippen LogP contribution in [0.4, 0.5) is 0 Å². The fourth-order valence-corrected chi connectivity index (χ4v) is 5.53. The zero-order valence-electron chi connectivity index (χ0n) is 15.3. The summed E-state index contributed by atoms with van der Waals surface area (Å²) in [5.74, 6) is 2.82. The minimum atomic E-state index is 0.529.